The van der Waals surface area contributed by atoms with Crippen molar-refractivity contribution in [3.63, 3.8) is 0 Å². The monoisotopic (exact) mass is 264 g/mol. The van der Waals surface area contributed by atoms with Crippen LogP contribution in [0.3, 0.4) is 0 Å². The molecule has 5 nitrogen and oxygen atoms in total. The van der Waals surface area contributed by atoms with E-state index in [4.69, 9.17) is 9.47 Å². The van der Waals surface area contributed by atoms with Crippen molar-refractivity contribution >= 4 is 5.91 Å². The molecule has 1 unspecified atom stereocenters. The molecule has 104 valence electrons. The van der Waals surface area contributed by atoms with Gasteiger partial charge in [0.1, 0.15) is 11.5 Å². The van der Waals surface area contributed by atoms with E-state index in [0.29, 0.717) is 19.5 Å². The second-order valence-corrected chi connectivity index (χ2v) is 4.64. The molecule has 1 atom stereocenters. The summed E-state index contributed by atoms with van der Waals surface area (Å²) in [5, 5.41) is 3.39. The number of nitrogens with zero attached hydrogens (tertiary/aromatic N) is 1. The number of carbonyl (C=O) groups is 1. The third-order valence-corrected chi connectivity index (χ3v) is 3.42. The highest BCUT2D eigenvalue weighted by molar-refractivity contribution is 5.76. The molecular weight excluding hydrogens is 244 g/mol. The molecule has 2 rings (SSSR count). The van der Waals surface area contributed by atoms with Crippen LogP contribution in [0.2, 0.25) is 0 Å². The quantitative estimate of drug-likeness (QED) is 0.891. The molecule has 1 saturated heterocycles. The first kappa shape index (κ1) is 13.7. The van der Waals surface area contributed by atoms with Gasteiger partial charge in [0.15, 0.2) is 0 Å². The first-order valence-electron chi connectivity index (χ1n) is 6.35. The van der Waals surface area contributed by atoms with Gasteiger partial charge >= 0.3 is 0 Å². The van der Waals surface area contributed by atoms with Gasteiger partial charge in [-0.2, -0.15) is 0 Å². The summed E-state index contributed by atoms with van der Waals surface area (Å²) in [4.78, 5) is 13.5. The zero-order valence-electron chi connectivity index (χ0n) is 11.6. The van der Waals surface area contributed by atoms with Gasteiger partial charge in [0.05, 0.1) is 20.3 Å². The molecule has 0 spiro atoms. The van der Waals surface area contributed by atoms with Gasteiger partial charge in [-0.25, -0.2) is 0 Å². The van der Waals surface area contributed by atoms with E-state index in [9.17, 15) is 4.79 Å². The van der Waals surface area contributed by atoms with Crippen LogP contribution in [0.4, 0.5) is 0 Å². The van der Waals surface area contributed by atoms with Crippen LogP contribution in [-0.2, 0) is 4.79 Å². The zero-order valence-corrected chi connectivity index (χ0v) is 11.6. The fourth-order valence-electron chi connectivity index (χ4n) is 2.30. The summed E-state index contributed by atoms with van der Waals surface area (Å²) in [7, 11) is 5.12. The van der Waals surface area contributed by atoms with E-state index in [1.54, 1.807) is 19.1 Å². The maximum absolute atomic E-state index is 11.7. The summed E-state index contributed by atoms with van der Waals surface area (Å²) < 4.78 is 10.7. The molecule has 1 amide bonds. The van der Waals surface area contributed by atoms with Crippen LogP contribution in [0.15, 0.2) is 18.2 Å². The summed E-state index contributed by atoms with van der Waals surface area (Å²) >= 11 is 0. The summed E-state index contributed by atoms with van der Waals surface area (Å²) in [6, 6.07) is 5.78. The lowest BCUT2D eigenvalue weighted by atomic mass is 10.0. The highest BCUT2D eigenvalue weighted by Crippen LogP contribution is 2.30. The Hall–Kier alpha value is -1.75. The van der Waals surface area contributed by atoms with E-state index in [0.717, 1.165) is 17.1 Å². The molecule has 0 saturated carbocycles. The standard InChI is InChI=1S/C14H20N2O3/c1-16-9-12(15-7-6-14(16)17)11-8-10(18-2)4-5-13(11)19-3/h4-5,8,12,15H,6-7,9H2,1-3H3. The van der Waals surface area contributed by atoms with Crippen LogP contribution in [0.5, 0.6) is 11.5 Å². The topological polar surface area (TPSA) is 50.8 Å². The SMILES string of the molecule is COc1ccc(OC)c(C2CN(C)C(=O)CCN2)c1. The van der Waals surface area contributed by atoms with Crippen LogP contribution in [0, 0.1) is 0 Å². The average Bonchev–Trinajstić information content (AvgIpc) is 2.60. The van der Waals surface area contributed by atoms with Crippen molar-refractivity contribution in [3.05, 3.63) is 23.8 Å². The van der Waals surface area contributed by atoms with Crippen molar-refractivity contribution in [1.82, 2.24) is 10.2 Å². The van der Waals surface area contributed by atoms with Crippen LogP contribution >= 0.6 is 0 Å². The first-order valence-corrected chi connectivity index (χ1v) is 6.35. The van der Waals surface area contributed by atoms with E-state index in [1.807, 2.05) is 25.2 Å². The normalized spacial score (nSPS) is 20.1. The van der Waals surface area contributed by atoms with Gasteiger partial charge in [-0.1, -0.05) is 0 Å². The molecule has 1 heterocycles. The number of amides is 1. The fraction of sp³-hybridized carbons (Fsp3) is 0.500. The predicted octanol–water partition coefficient (Wildman–Crippen LogP) is 1.20. The van der Waals surface area contributed by atoms with Gasteiger partial charge in [0.25, 0.3) is 0 Å². The van der Waals surface area contributed by atoms with Gasteiger partial charge in [0.2, 0.25) is 5.91 Å². The number of ether oxygens (including phenoxy) is 2. The lowest BCUT2D eigenvalue weighted by Crippen LogP contribution is -2.31. The first-order chi connectivity index (χ1) is 9.15. The molecule has 1 aliphatic heterocycles. The van der Waals surface area contributed by atoms with Crippen molar-refractivity contribution < 1.29 is 14.3 Å². The lowest BCUT2D eigenvalue weighted by molar-refractivity contribution is -0.129. The summed E-state index contributed by atoms with van der Waals surface area (Å²) in [6.45, 7) is 1.30. The second-order valence-electron chi connectivity index (χ2n) is 4.64. The molecule has 1 aromatic carbocycles. The van der Waals surface area contributed by atoms with E-state index in [-0.39, 0.29) is 11.9 Å². The number of methoxy groups -OCH3 is 2. The fourth-order valence-corrected chi connectivity index (χ4v) is 2.30. The van der Waals surface area contributed by atoms with Gasteiger partial charge in [-0.05, 0) is 18.2 Å². The minimum absolute atomic E-state index is 0.0569. The molecule has 1 fully saturated rings. The Kier molecular flexibility index (Phi) is 4.27. The number of carbonyl (C=O) groups excluding carboxylic acids is 1. The molecule has 19 heavy (non-hydrogen) atoms. The summed E-state index contributed by atoms with van der Waals surface area (Å²) in [5.41, 5.74) is 1.02. The van der Waals surface area contributed by atoms with Crippen LogP contribution < -0.4 is 14.8 Å². The zero-order chi connectivity index (χ0) is 13.8. The molecule has 5 heteroatoms. The third kappa shape index (κ3) is 2.98. The van der Waals surface area contributed by atoms with Gasteiger partial charge in [-0.3, -0.25) is 4.79 Å². The van der Waals surface area contributed by atoms with Crippen LogP contribution in [0.25, 0.3) is 0 Å². The molecular formula is C14H20N2O3. The Balaban J connectivity index is 2.30. The Morgan fingerprint density at radius 3 is 2.79 bits per heavy atom. The highest BCUT2D eigenvalue weighted by atomic mass is 16.5. The molecule has 0 aliphatic carbocycles. The van der Waals surface area contributed by atoms with Crippen molar-refractivity contribution in [3.8, 4) is 11.5 Å². The minimum atomic E-state index is 0.0569. The summed E-state index contributed by atoms with van der Waals surface area (Å²) in [5.74, 6) is 1.76. The van der Waals surface area contributed by atoms with Gasteiger partial charge in [0, 0.05) is 32.1 Å². The second kappa shape index (κ2) is 5.93. The maximum atomic E-state index is 11.7. The van der Waals surface area contributed by atoms with Gasteiger partial charge in [-0.15, -0.1) is 0 Å². The average molecular weight is 264 g/mol. The molecule has 1 aliphatic rings. The van der Waals surface area contributed by atoms with E-state index in [2.05, 4.69) is 5.32 Å². The van der Waals surface area contributed by atoms with Crippen molar-refractivity contribution in [2.75, 3.05) is 34.4 Å². The summed E-state index contributed by atoms with van der Waals surface area (Å²) in [6.07, 6.45) is 0.527. The molecule has 1 N–H and O–H groups in total. The van der Waals surface area contributed by atoms with Gasteiger partial charge < -0.3 is 19.7 Å². The Morgan fingerprint density at radius 1 is 1.32 bits per heavy atom. The highest BCUT2D eigenvalue weighted by Gasteiger charge is 2.23. The number of rotatable bonds is 3. The largest absolute Gasteiger partial charge is 0.497 e. The van der Waals surface area contributed by atoms with Crippen molar-refractivity contribution in [2.24, 2.45) is 0 Å². The van der Waals surface area contributed by atoms with E-state index >= 15 is 0 Å². The Bertz CT molecular complexity index is 462. The van der Waals surface area contributed by atoms with E-state index in [1.165, 1.54) is 0 Å². The smallest absolute Gasteiger partial charge is 0.223 e. The molecule has 0 radical (unpaired) electrons. The van der Waals surface area contributed by atoms with Crippen LogP contribution in [0.1, 0.15) is 18.0 Å². The molecule has 0 aromatic heterocycles. The number of hydrogen-bond donors (Lipinski definition) is 1. The Morgan fingerprint density at radius 2 is 2.11 bits per heavy atom. The van der Waals surface area contributed by atoms with Crippen molar-refractivity contribution in [1.29, 1.82) is 0 Å². The maximum Gasteiger partial charge on any atom is 0.223 e. The van der Waals surface area contributed by atoms with Crippen LogP contribution in [-0.4, -0.2) is 45.2 Å². The molecule has 0 bridgehead atoms. The molecule has 1 aromatic rings. The Labute approximate surface area is 113 Å². The minimum Gasteiger partial charge on any atom is -0.497 e. The van der Waals surface area contributed by atoms with E-state index < -0.39 is 0 Å². The number of hydrogen-bond acceptors (Lipinski definition) is 4. The number of nitrogens with one attached hydrogen (secondary N) is 1. The number of likely N-dealkylation sites (N-methyl/N-ethyl adjacent to an activating group) is 1. The lowest BCUT2D eigenvalue weighted by Gasteiger charge is -2.23. The number of benzene rings is 1. The predicted molar refractivity (Wildman–Crippen MR) is 72.5 cm³/mol. The third-order valence-electron chi connectivity index (χ3n) is 3.42. The van der Waals surface area contributed by atoms with Crippen molar-refractivity contribution in [2.45, 2.75) is 12.5 Å².